The number of carboxylic acid groups (broad SMARTS) is 1. The number of alkyl carbamates (subject to hydrolysis) is 1. The van der Waals surface area contributed by atoms with Crippen LogP contribution in [-0.2, 0) is 16.6 Å². The number of nitrogens with zero attached hydrogens (tertiary/aromatic N) is 2. The van der Waals surface area contributed by atoms with Gasteiger partial charge in [0.1, 0.15) is 11.6 Å². The number of aromatic nitrogens is 1. The third-order valence-corrected chi connectivity index (χ3v) is 7.10. The van der Waals surface area contributed by atoms with E-state index in [0.717, 1.165) is 0 Å². The highest BCUT2D eigenvalue weighted by molar-refractivity contribution is 6.36. The van der Waals surface area contributed by atoms with Crippen LogP contribution in [-0.4, -0.2) is 72.7 Å². The lowest BCUT2D eigenvalue weighted by Crippen LogP contribution is -2.41. The summed E-state index contributed by atoms with van der Waals surface area (Å²) in [6.07, 6.45) is 0.547. The van der Waals surface area contributed by atoms with Crippen LogP contribution in [0.5, 0.6) is 5.75 Å². The number of ether oxygens (including phenoxy) is 2. The van der Waals surface area contributed by atoms with Crippen LogP contribution in [0.4, 0.5) is 15.3 Å². The number of anilines is 1. The van der Waals surface area contributed by atoms with Gasteiger partial charge in [-0.25, -0.2) is 9.59 Å². The number of carboxylic acids is 1. The topological polar surface area (TPSA) is 194 Å². The highest BCUT2D eigenvalue weighted by Crippen LogP contribution is 2.34. The van der Waals surface area contributed by atoms with Crippen LogP contribution >= 0.6 is 11.6 Å². The zero-order valence-corrected chi connectivity index (χ0v) is 25.8. The predicted octanol–water partition coefficient (Wildman–Crippen LogP) is 2.80. The number of amides is 4. The SMILES string of the molecule is CCN(C(=O)c1c(OCOC(=O)NCCNC(=O)NCCCCC(N)C(=O)O)c2c(Cl)cccc2n(C)c1=O)c1ccccc1. The minimum absolute atomic E-state index is 0.0344. The molecule has 1 atom stereocenters. The number of pyridine rings is 1. The van der Waals surface area contributed by atoms with E-state index in [0.29, 0.717) is 42.4 Å². The molecular weight excluding hydrogens is 608 g/mol. The van der Waals surface area contributed by atoms with Gasteiger partial charge in [0.2, 0.25) is 6.79 Å². The summed E-state index contributed by atoms with van der Waals surface area (Å²) in [5.41, 5.74) is 5.54. The van der Waals surface area contributed by atoms with E-state index in [1.165, 1.54) is 16.5 Å². The van der Waals surface area contributed by atoms with Crippen LogP contribution < -0.4 is 36.9 Å². The van der Waals surface area contributed by atoms with Crippen molar-refractivity contribution in [1.29, 1.82) is 0 Å². The van der Waals surface area contributed by atoms with Gasteiger partial charge >= 0.3 is 18.1 Å². The molecule has 14 nitrogen and oxygen atoms in total. The average Bonchev–Trinajstić information content (AvgIpc) is 3.02. The zero-order chi connectivity index (χ0) is 32.9. The Kier molecular flexibility index (Phi) is 13.0. The van der Waals surface area contributed by atoms with Gasteiger partial charge in [0.05, 0.1) is 15.9 Å². The van der Waals surface area contributed by atoms with E-state index in [2.05, 4.69) is 16.0 Å². The predicted molar refractivity (Wildman–Crippen MR) is 169 cm³/mol. The lowest BCUT2D eigenvalue weighted by atomic mass is 10.1. The van der Waals surface area contributed by atoms with Crippen molar-refractivity contribution in [2.45, 2.75) is 32.2 Å². The number of aliphatic carboxylic acids is 1. The van der Waals surface area contributed by atoms with E-state index < -0.39 is 42.4 Å². The van der Waals surface area contributed by atoms with Crippen LogP contribution in [0.2, 0.25) is 5.02 Å². The molecule has 3 aromatic rings. The number of hydrogen-bond acceptors (Lipinski definition) is 8. The van der Waals surface area contributed by atoms with Crippen LogP contribution in [0.3, 0.4) is 0 Å². The van der Waals surface area contributed by atoms with E-state index in [1.54, 1.807) is 49.4 Å². The molecule has 0 aliphatic carbocycles. The molecule has 0 aliphatic rings. The molecule has 0 aliphatic heterocycles. The first kappa shape index (κ1) is 34.7. The molecule has 45 heavy (non-hydrogen) atoms. The molecule has 1 heterocycles. The molecule has 15 heteroatoms. The number of carbonyl (C=O) groups is 4. The third kappa shape index (κ3) is 9.33. The second-order valence-corrected chi connectivity index (χ2v) is 10.2. The van der Waals surface area contributed by atoms with Gasteiger partial charge in [0, 0.05) is 38.9 Å². The first-order valence-corrected chi connectivity index (χ1v) is 14.7. The number of hydrogen-bond donors (Lipinski definition) is 5. The summed E-state index contributed by atoms with van der Waals surface area (Å²) in [6.45, 7) is 1.85. The van der Waals surface area contributed by atoms with Crippen molar-refractivity contribution in [3.8, 4) is 5.75 Å². The largest absolute Gasteiger partial charge is 0.480 e. The molecule has 1 aromatic heterocycles. The Labute approximate surface area is 264 Å². The van der Waals surface area contributed by atoms with Crippen LogP contribution in [0, 0.1) is 0 Å². The number of nitrogens with one attached hydrogen (secondary N) is 3. The Bertz CT molecular complexity index is 1570. The number of benzene rings is 2. The number of rotatable bonds is 15. The number of carbonyl (C=O) groups excluding carboxylic acids is 3. The molecule has 0 saturated carbocycles. The smallest absolute Gasteiger partial charge is 0.410 e. The first-order valence-electron chi connectivity index (χ1n) is 14.3. The van der Waals surface area contributed by atoms with Gasteiger partial charge in [-0.15, -0.1) is 0 Å². The number of halogens is 1. The van der Waals surface area contributed by atoms with Crippen LogP contribution in [0.15, 0.2) is 53.3 Å². The standard InChI is InChI=1S/C30H37ClN6O8/c1-3-37(19-10-5-4-6-11-19)27(39)24-25(23-20(31)12-9-14-22(23)36(2)26(24)38)44-18-45-30(43)35-17-16-34-29(42)33-15-8-7-13-21(32)28(40)41/h4-6,9-12,14,21H,3,7-8,13,15-18,32H2,1-2H3,(H,35,43)(H,40,41)(H2,33,34,42). The average molecular weight is 645 g/mol. The maximum absolute atomic E-state index is 13.8. The Morgan fingerprint density at radius 3 is 2.38 bits per heavy atom. The van der Waals surface area contributed by atoms with Crippen molar-refractivity contribution < 1.29 is 33.8 Å². The highest BCUT2D eigenvalue weighted by Gasteiger charge is 2.28. The Morgan fingerprint density at radius 1 is 1.00 bits per heavy atom. The van der Waals surface area contributed by atoms with Gasteiger partial charge in [-0.2, -0.15) is 0 Å². The minimum Gasteiger partial charge on any atom is -0.480 e. The van der Waals surface area contributed by atoms with Gasteiger partial charge in [-0.1, -0.05) is 35.9 Å². The number of urea groups is 1. The fourth-order valence-corrected chi connectivity index (χ4v) is 4.70. The normalized spacial score (nSPS) is 11.4. The molecule has 242 valence electrons. The number of unbranched alkanes of at least 4 members (excludes halogenated alkanes) is 1. The van der Waals surface area contributed by atoms with Gasteiger partial charge in [-0.05, 0) is 50.5 Å². The molecule has 0 radical (unpaired) electrons. The summed E-state index contributed by atoms with van der Waals surface area (Å²) in [5.74, 6) is -1.79. The molecule has 2 aromatic carbocycles. The van der Waals surface area contributed by atoms with Crippen molar-refractivity contribution in [2.75, 3.05) is 37.9 Å². The number of aryl methyl sites for hydroxylation is 1. The molecule has 0 saturated heterocycles. The molecule has 6 N–H and O–H groups in total. The Hall–Kier alpha value is -4.82. The maximum atomic E-state index is 13.8. The number of nitrogens with two attached hydrogens (primary N) is 1. The monoisotopic (exact) mass is 644 g/mol. The summed E-state index contributed by atoms with van der Waals surface area (Å²) in [4.78, 5) is 63.6. The van der Waals surface area contributed by atoms with Crippen LogP contribution in [0.25, 0.3) is 10.9 Å². The molecule has 3 rings (SSSR count). The first-order chi connectivity index (χ1) is 21.6. The van der Waals surface area contributed by atoms with Crippen molar-refractivity contribution in [3.05, 3.63) is 69.5 Å². The lowest BCUT2D eigenvalue weighted by Gasteiger charge is -2.23. The van der Waals surface area contributed by atoms with Gasteiger partial charge in [-0.3, -0.25) is 14.4 Å². The van der Waals surface area contributed by atoms with Gasteiger partial charge in [0.15, 0.2) is 5.75 Å². The van der Waals surface area contributed by atoms with Crippen LogP contribution in [0.1, 0.15) is 36.5 Å². The summed E-state index contributed by atoms with van der Waals surface area (Å²) >= 11 is 6.51. The van der Waals surface area contributed by atoms with Gasteiger partial charge < -0.3 is 45.7 Å². The van der Waals surface area contributed by atoms with Crippen molar-refractivity contribution >= 4 is 52.2 Å². The summed E-state index contributed by atoms with van der Waals surface area (Å²) in [6, 6.07) is 12.4. The van der Waals surface area contributed by atoms with E-state index in [9.17, 15) is 24.0 Å². The van der Waals surface area contributed by atoms with E-state index in [1.807, 2.05) is 6.07 Å². The summed E-state index contributed by atoms with van der Waals surface area (Å²) < 4.78 is 12.2. The van der Waals surface area contributed by atoms with E-state index in [-0.39, 0.29) is 36.0 Å². The Balaban J connectivity index is 1.60. The summed E-state index contributed by atoms with van der Waals surface area (Å²) in [7, 11) is 1.52. The van der Waals surface area contributed by atoms with E-state index in [4.69, 9.17) is 31.9 Å². The number of para-hydroxylation sites is 1. The molecule has 4 amide bonds. The third-order valence-electron chi connectivity index (χ3n) is 6.79. The fourth-order valence-electron chi connectivity index (χ4n) is 4.45. The molecule has 1 unspecified atom stereocenters. The zero-order valence-electron chi connectivity index (χ0n) is 25.0. The molecular formula is C30H37ClN6O8. The van der Waals surface area contributed by atoms with Gasteiger partial charge in [0.25, 0.3) is 11.5 Å². The van der Waals surface area contributed by atoms with Crippen molar-refractivity contribution in [1.82, 2.24) is 20.5 Å². The second-order valence-electron chi connectivity index (χ2n) is 9.83. The number of fused-ring (bicyclic) bond motifs is 1. The van der Waals surface area contributed by atoms with Crippen molar-refractivity contribution in [2.24, 2.45) is 12.8 Å². The highest BCUT2D eigenvalue weighted by atomic mass is 35.5. The maximum Gasteiger partial charge on any atom is 0.410 e. The lowest BCUT2D eigenvalue weighted by molar-refractivity contribution is -0.138. The van der Waals surface area contributed by atoms with E-state index >= 15 is 0 Å². The summed E-state index contributed by atoms with van der Waals surface area (Å²) in [5, 5.41) is 16.9. The molecule has 0 spiro atoms. The molecule has 0 bridgehead atoms. The fraction of sp³-hybridized carbons (Fsp3) is 0.367. The second kappa shape index (κ2) is 16.9. The quantitative estimate of drug-likeness (QED) is 0.122. The van der Waals surface area contributed by atoms with Crippen molar-refractivity contribution in [3.63, 3.8) is 0 Å². The Morgan fingerprint density at radius 2 is 1.69 bits per heavy atom. The minimum atomic E-state index is -1.07. The molecule has 0 fully saturated rings.